The lowest BCUT2D eigenvalue weighted by molar-refractivity contribution is 0.464. The molecule has 0 spiro atoms. The molecule has 0 saturated heterocycles. The maximum absolute atomic E-state index is 5.83. The monoisotopic (exact) mass is 176 g/mol. The molecule has 0 nitrogen and oxygen atoms in total. The van der Waals surface area contributed by atoms with E-state index in [4.69, 9.17) is 11.6 Å². The molecule has 0 amide bonds. The number of alkyl halides is 1. The highest BCUT2D eigenvalue weighted by Gasteiger charge is 2.04. The molecule has 1 atom stereocenters. The van der Waals surface area contributed by atoms with Crippen LogP contribution in [0, 0.1) is 5.92 Å². The zero-order chi connectivity index (χ0) is 8.53. The van der Waals surface area contributed by atoms with E-state index in [9.17, 15) is 0 Å². The van der Waals surface area contributed by atoms with Gasteiger partial charge in [0.15, 0.2) is 0 Å². The van der Waals surface area contributed by atoms with Crippen LogP contribution < -0.4 is 0 Å². The van der Waals surface area contributed by atoms with E-state index in [1.54, 1.807) is 0 Å². The summed E-state index contributed by atoms with van der Waals surface area (Å²) in [6, 6.07) is 0. The van der Waals surface area contributed by atoms with E-state index in [1.807, 2.05) is 0 Å². The van der Waals surface area contributed by atoms with Gasteiger partial charge in [-0.2, -0.15) is 0 Å². The van der Waals surface area contributed by atoms with E-state index in [-0.39, 0.29) is 0 Å². The zero-order valence-corrected chi connectivity index (χ0v) is 8.66. The third-order valence-electron chi connectivity index (χ3n) is 2.13. The van der Waals surface area contributed by atoms with Crippen LogP contribution in [-0.4, -0.2) is 5.88 Å². The van der Waals surface area contributed by atoms with Gasteiger partial charge >= 0.3 is 0 Å². The topological polar surface area (TPSA) is 0 Å². The first-order chi connectivity index (χ1) is 5.35. The number of unbranched alkanes of at least 4 members (excludes halogenated alkanes) is 2. The second-order valence-corrected chi connectivity index (χ2v) is 3.61. The fourth-order valence-electron chi connectivity index (χ4n) is 1.39. The summed E-state index contributed by atoms with van der Waals surface area (Å²) in [5, 5.41) is 0. The Bertz CT molecular complexity index is 71.3. The largest absolute Gasteiger partial charge is 0.126 e. The minimum Gasteiger partial charge on any atom is -0.126 e. The Labute approximate surface area is 76.3 Å². The number of hydrogen-bond donors (Lipinski definition) is 0. The third-order valence-corrected chi connectivity index (χ3v) is 2.57. The Morgan fingerprint density at radius 3 is 2.18 bits per heavy atom. The molecule has 0 aliphatic heterocycles. The lowest BCUT2D eigenvalue weighted by atomic mass is 9.99. The lowest BCUT2D eigenvalue weighted by Gasteiger charge is -2.11. The molecule has 0 bridgehead atoms. The number of rotatable bonds is 7. The van der Waals surface area contributed by atoms with Gasteiger partial charge in [0.25, 0.3) is 0 Å². The highest BCUT2D eigenvalue weighted by Crippen LogP contribution is 2.16. The molecule has 0 aromatic heterocycles. The molecular formula is C10H21Cl. The van der Waals surface area contributed by atoms with Crippen molar-refractivity contribution in [2.75, 3.05) is 5.88 Å². The van der Waals surface area contributed by atoms with Crippen LogP contribution in [0.5, 0.6) is 0 Å². The average Bonchev–Trinajstić information content (AvgIpc) is 2.03. The highest BCUT2D eigenvalue weighted by atomic mass is 35.5. The van der Waals surface area contributed by atoms with Crippen molar-refractivity contribution in [2.45, 2.75) is 52.4 Å². The Balaban J connectivity index is 3.20. The Kier molecular flexibility index (Phi) is 8.61. The summed E-state index contributed by atoms with van der Waals surface area (Å²) >= 11 is 5.83. The zero-order valence-electron chi connectivity index (χ0n) is 7.91. The quantitative estimate of drug-likeness (QED) is 0.403. The van der Waals surface area contributed by atoms with Crippen LogP contribution >= 0.6 is 11.6 Å². The Morgan fingerprint density at radius 1 is 1.00 bits per heavy atom. The maximum Gasteiger partial charge on any atom is 0.0251 e. The van der Waals surface area contributed by atoms with Gasteiger partial charge in [0.1, 0.15) is 0 Å². The van der Waals surface area contributed by atoms with Crippen LogP contribution in [0.2, 0.25) is 0 Å². The molecule has 0 rings (SSSR count). The van der Waals surface area contributed by atoms with Gasteiger partial charge in [0.2, 0.25) is 0 Å². The van der Waals surface area contributed by atoms with Gasteiger partial charge in [0, 0.05) is 5.88 Å². The molecule has 0 radical (unpaired) electrons. The van der Waals surface area contributed by atoms with Crippen LogP contribution in [0.25, 0.3) is 0 Å². The lowest BCUT2D eigenvalue weighted by Crippen LogP contribution is -2.01. The molecule has 0 N–H and O–H groups in total. The first-order valence-electron chi connectivity index (χ1n) is 4.91. The van der Waals surface area contributed by atoms with Gasteiger partial charge in [0.05, 0.1) is 0 Å². The fraction of sp³-hybridized carbons (Fsp3) is 1.00. The van der Waals surface area contributed by atoms with Crippen molar-refractivity contribution in [2.24, 2.45) is 5.92 Å². The van der Waals surface area contributed by atoms with E-state index >= 15 is 0 Å². The normalized spacial score (nSPS) is 13.4. The number of hydrogen-bond acceptors (Lipinski definition) is 0. The van der Waals surface area contributed by atoms with Crippen molar-refractivity contribution in [1.29, 1.82) is 0 Å². The van der Waals surface area contributed by atoms with Crippen LogP contribution in [0.3, 0.4) is 0 Å². The summed E-state index contributed by atoms with van der Waals surface area (Å²) < 4.78 is 0. The molecule has 0 aliphatic carbocycles. The van der Waals surface area contributed by atoms with Crippen molar-refractivity contribution in [1.82, 2.24) is 0 Å². The van der Waals surface area contributed by atoms with E-state index < -0.39 is 0 Å². The maximum atomic E-state index is 5.83. The van der Waals surface area contributed by atoms with Crippen LogP contribution in [0.1, 0.15) is 52.4 Å². The summed E-state index contributed by atoms with van der Waals surface area (Å²) in [5.74, 6) is 1.64. The van der Waals surface area contributed by atoms with Crippen LogP contribution in [-0.2, 0) is 0 Å². The van der Waals surface area contributed by atoms with Gasteiger partial charge in [-0.1, -0.05) is 39.5 Å². The molecule has 1 unspecified atom stereocenters. The molecule has 0 fully saturated rings. The summed E-state index contributed by atoms with van der Waals surface area (Å²) in [4.78, 5) is 0. The van der Waals surface area contributed by atoms with E-state index in [1.165, 1.54) is 38.5 Å². The minimum absolute atomic E-state index is 0.785. The molecular weight excluding hydrogens is 156 g/mol. The summed E-state index contributed by atoms with van der Waals surface area (Å²) in [6.45, 7) is 4.48. The number of halogens is 1. The molecule has 0 heterocycles. The Hall–Kier alpha value is 0.290. The minimum atomic E-state index is 0.785. The molecule has 1 heteroatoms. The van der Waals surface area contributed by atoms with Gasteiger partial charge in [-0.3, -0.25) is 0 Å². The first kappa shape index (κ1) is 11.3. The molecule has 0 aliphatic rings. The van der Waals surface area contributed by atoms with E-state index in [0.717, 1.165) is 11.8 Å². The van der Waals surface area contributed by atoms with Gasteiger partial charge in [-0.25, -0.2) is 0 Å². The smallest absolute Gasteiger partial charge is 0.0251 e. The van der Waals surface area contributed by atoms with Crippen molar-refractivity contribution in [3.63, 3.8) is 0 Å². The molecule has 0 saturated carbocycles. The van der Waals surface area contributed by atoms with Crippen molar-refractivity contribution in [3.05, 3.63) is 0 Å². The van der Waals surface area contributed by atoms with Crippen LogP contribution in [0.4, 0.5) is 0 Å². The van der Waals surface area contributed by atoms with Gasteiger partial charge < -0.3 is 0 Å². The molecule has 68 valence electrons. The standard InChI is InChI=1S/C10H21Cl/c1-3-5-6-8-10(9-11)7-4-2/h10H,3-9H2,1-2H3. The van der Waals surface area contributed by atoms with Gasteiger partial charge in [-0.05, 0) is 18.8 Å². The predicted octanol–water partition coefficient (Wildman–Crippen LogP) is 4.22. The fourth-order valence-corrected chi connectivity index (χ4v) is 1.70. The molecule has 11 heavy (non-hydrogen) atoms. The Morgan fingerprint density at radius 2 is 1.73 bits per heavy atom. The SMILES string of the molecule is CCCCCC(CCl)CCC. The van der Waals surface area contributed by atoms with Gasteiger partial charge in [-0.15, -0.1) is 11.6 Å². The first-order valence-corrected chi connectivity index (χ1v) is 5.44. The second kappa shape index (κ2) is 8.39. The van der Waals surface area contributed by atoms with Crippen molar-refractivity contribution >= 4 is 11.6 Å². The molecule has 0 aromatic carbocycles. The van der Waals surface area contributed by atoms with Crippen LogP contribution in [0.15, 0.2) is 0 Å². The van der Waals surface area contributed by atoms with Crippen molar-refractivity contribution < 1.29 is 0 Å². The summed E-state index contributed by atoms with van der Waals surface area (Å²) in [6.07, 6.45) is 7.99. The average molecular weight is 177 g/mol. The summed E-state index contributed by atoms with van der Waals surface area (Å²) in [7, 11) is 0. The predicted molar refractivity (Wildman–Crippen MR) is 53.3 cm³/mol. The van der Waals surface area contributed by atoms with E-state index in [2.05, 4.69) is 13.8 Å². The van der Waals surface area contributed by atoms with E-state index in [0.29, 0.717) is 0 Å². The summed E-state index contributed by atoms with van der Waals surface area (Å²) in [5.41, 5.74) is 0. The molecule has 0 aromatic rings. The second-order valence-electron chi connectivity index (χ2n) is 3.30. The highest BCUT2D eigenvalue weighted by molar-refractivity contribution is 6.18. The van der Waals surface area contributed by atoms with Crippen molar-refractivity contribution in [3.8, 4) is 0 Å². The third kappa shape index (κ3) is 6.68.